The van der Waals surface area contributed by atoms with Gasteiger partial charge < -0.3 is 14.0 Å². The molecule has 1 heterocycles. The molecule has 0 N–H and O–H groups in total. The molecule has 0 spiro atoms. The summed E-state index contributed by atoms with van der Waals surface area (Å²) in [6.45, 7) is 9.90. The summed E-state index contributed by atoms with van der Waals surface area (Å²) in [5.41, 5.74) is 1.33. The van der Waals surface area contributed by atoms with Crippen LogP contribution in [0.2, 0.25) is 0 Å². The predicted octanol–water partition coefficient (Wildman–Crippen LogP) is 2.12. The molecule has 0 radical (unpaired) electrons. The van der Waals surface area contributed by atoms with E-state index in [9.17, 15) is 4.79 Å². The number of aldehydes is 1. The van der Waals surface area contributed by atoms with Crippen LogP contribution in [0.5, 0.6) is 5.75 Å². The third kappa shape index (κ3) is 2.36. The fraction of sp³-hybridized carbons (Fsp3) is 0.533. The van der Waals surface area contributed by atoms with Gasteiger partial charge in [0, 0.05) is 0 Å². The number of hydrogen-bond donors (Lipinski definition) is 0. The smallest absolute Gasteiger partial charge is 0.495 e. The summed E-state index contributed by atoms with van der Waals surface area (Å²) in [4.78, 5) is 11.4. The topological polar surface area (TPSA) is 44.8 Å². The van der Waals surface area contributed by atoms with Gasteiger partial charge >= 0.3 is 7.12 Å². The molecule has 0 aliphatic carbocycles. The second-order valence-electron chi connectivity index (χ2n) is 6.18. The number of benzene rings is 1. The van der Waals surface area contributed by atoms with Crippen LogP contribution in [0.1, 0.15) is 43.6 Å². The molecule has 1 aliphatic heterocycles. The second kappa shape index (κ2) is 4.90. The predicted molar refractivity (Wildman–Crippen MR) is 78.8 cm³/mol. The summed E-state index contributed by atoms with van der Waals surface area (Å²) < 4.78 is 17.3. The highest BCUT2D eigenvalue weighted by molar-refractivity contribution is 6.63. The molecule has 1 aromatic carbocycles. The van der Waals surface area contributed by atoms with Gasteiger partial charge in [0.2, 0.25) is 0 Å². The Hall–Kier alpha value is -1.33. The van der Waals surface area contributed by atoms with E-state index in [-0.39, 0.29) is 0 Å². The summed E-state index contributed by atoms with van der Waals surface area (Å²) in [6, 6.07) is 3.74. The molecule has 0 atom stereocenters. The van der Waals surface area contributed by atoms with Gasteiger partial charge in [-0.2, -0.15) is 0 Å². The Bertz CT molecular complexity index is 521. The lowest BCUT2D eigenvalue weighted by atomic mass is 9.75. The zero-order chi connectivity index (χ0) is 15.1. The number of ether oxygens (including phenoxy) is 1. The van der Waals surface area contributed by atoms with Gasteiger partial charge in [-0.25, -0.2) is 0 Å². The van der Waals surface area contributed by atoms with Crippen molar-refractivity contribution in [3.05, 3.63) is 23.3 Å². The van der Waals surface area contributed by atoms with Crippen molar-refractivity contribution < 1.29 is 18.8 Å². The Morgan fingerprint density at radius 1 is 1.15 bits per heavy atom. The minimum absolute atomic E-state index is 0.436. The molecule has 1 aliphatic rings. The lowest BCUT2D eigenvalue weighted by Gasteiger charge is -2.32. The maximum atomic E-state index is 11.4. The second-order valence-corrected chi connectivity index (χ2v) is 6.18. The van der Waals surface area contributed by atoms with Gasteiger partial charge in [-0.15, -0.1) is 0 Å². The van der Waals surface area contributed by atoms with Gasteiger partial charge in [0.05, 0.1) is 23.9 Å². The monoisotopic (exact) mass is 276 g/mol. The summed E-state index contributed by atoms with van der Waals surface area (Å²) in [5, 5.41) is 0. The lowest BCUT2D eigenvalue weighted by molar-refractivity contribution is 0.00578. The lowest BCUT2D eigenvalue weighted by Crippen LogP contribution is -2.41. The number of carbonyl (C=O) groups excluding carboxylic acids is 1. The van der Waals surface area contributed by atoms with Gasteiger partial charge in [0.25, 0.3) is 0 Å². The van der Waals surface area contributed by atoms with Crippen LogP contribution < -0.4 is 10.2 Å². The normalized spacial score (nSPS) is 20.0. The minimum Gasteiger partial charge on any atom is -0.496 e. The van der Waals surface area contributed by atoms with E-state index in [1.807, 2.05) is 46.8 Å². The fourth-order valence-electron chi connectivity index (χ4n) is 2.25. The number of carbonyl (C=O) groups is 1. The van der Waals surface area contributed by atoms with E-state index >= 15 is 0 Å². The molecule has 0 aromatic heterocycles. The van der Waals surface area contributed by atoms with Crippen LogP contribution in [0.4, 0.5) is 0 Å². The van der Waals surface area contributed by atoms with E-state index in [4.69, 9.17) is 14.0 Å². The van der Waals surface area contributed by atoms with E-state index in [0.29, 0.717) is 11.3 Å². The molecule has 1 fully saturated rings. The largest absolute Gasteiger partial charge is 0.496 e. The molecule has 0 unspecified atom stereocenters. The molecule has 0 amide bonds. The summed E-state index contributed by atoms with van der Waals surface area (Å²) >= 11 is 0. The fourth-order valence-corrected chi connectivity index (χ4v) is 2.25. The highest BCUT2D eigenvalue weighted by Gasteiger charge is 2.52. The zero-order valence-electron chi connectivity index (χ0n) is 12.9. The van der Waals surface area contributed by atoms with Crippen molar-refractivity contribution >= 4 is 18.9 Å². The van der Waals surface area contributed by atoms with E-state index in [1.165, 1.54) is 0 Å². The summed E-state index contributed by atoms with van der Waals surface area (Å²) in [6.07, 6.45) is 0.790. The molecule has 0 bridgehead atoms. The summed E-state index contributed by atoms with van der Waals surface area (Å²) in [7, 11) is 0.990. The van der Waals surface area contributed by atoms with E-state index in [1.54, 1.807) is 7.11 Å². The first-order valence-electron chi connectivity index (χ1n) is 6.71. The molecule has 5 heteroatoms. The maximum Gasteiger partial charge on any atom is 0.495 e. The van der Waals surface area contributed by atoms with Gasteiger partial charge in [-0.1, -0.05) is 6.07 Å². The van der Waals surface area contributed by atoms with Crippen molar-refractivity contribution in [3.63, 3.8) is 0 Å². The molecular weight excluding hydrogens is 255 g/mol. The van der Waals surface area contributed by atoms with Crippen molar-refractivity contribution in [2.45, 2.75) is 45.8 Å². The van der Waals surface area contributed by atoms with Crippen LogP contribution in [0.25, 0.3) is 0 Å². The highest BCUT2D eigenvalue weighted by Crippen LogP contribution is 2.37. The first kappa shape index (κ1) is 15.1. The maximum absolute atomic E-state index is 11.4. The van der Waals surface area contributed by atoms with E-state index < -0.39 is 18.3 Å². The number of hydrogen-bond acceptors (Lipinski definition) is 4. The summed E-state index contributed by atoms with van der Waals surface area (Å²) in [5.74, 6) is 0.546. The van der Waals surface area contributed by atoms with E-state index in [2.05, 4.69) is 0 Å². The van der Waals surface area contributed by atoms with Crippen molar-refractivity contribution in [1.82, 2.24) is 0 Å². The molecule has 4 nitrogen and oxygen atoms in total. The Kier molecular flexibility index (Phi) is 3.69. The average Bonchev–Trinajstić information content (AvgIpc) is 2.57. The molecule has 20 heavy (non-hydrogen) atoms. The van der Waals surface area contributed by atoms with Gasteiger partial charge in [-0.3, -0.25) is 4.79 Å². The number of aryl methyl sites for hydroxylation is 1. The number of rotatable bonds is 3. The zero-order valence-corrected chi connectivity index (χ0v) is 12.9. The van der Waals surface area contributed by atoms with Crippen molar-refractivity contribution in [3.8, 4) is 5.75 Å². The average molecular weight is 276 g/mol. The van der Waals surface area contributed by atoms with Crippen LogP contribution in [0.3, 0.4) is 0 Å². The van der Waals surface area contributed by atoms with Gasteiger partial charge in [0.15, 0.2) is 6.29 Å². The Labute approximate surface area is 120 Å². The SMILES string of the molecule is COc1cc(C)cc(B2OC(C)(C)C(C)(C)O2)c1C=O. The van der Waals surface area contributed by atoms with Crippen LogP contribution in [-0.2, 0) is 9.31 Å². The Balaban J connectivity index is 2.49. The number of methoxy groups -OCH3 is 1. The molecule has 108 valence electrons. The van der Waals surface area contributed by atoms with Crippen LogP contribution in [-0.4, -0.2) is 31.7 Å². The van der Waals surface area contributed by atoms with Crippen molar-refractivity contribution in [2.24, 2.45) is 0 Å². The van der Waals surface area contributed by atoms with Gasteiger partial charge in [-0.05, 0) is 51.7 Å². The van der Waals surface area contributed by atoms with Crippen LogP contribution >= 0.6 is 0 Å². The molecule has 1 aromatic rings. The van der Waals surface area contributed by atoms with Crippen LogP contribution in [0.15, 0.2) is 12.1 Å². The third-order valence-electron chi connectivity index (χ3n) is 4.16. The first-order chi connectivity index (χ1) is 9.21. The molecule has 0 saturated carbocycles. The van der Waals surface area contributed by atoms with Crippen LogP contribution in [0, 0.1) is 6.92 Å². The van der Waals surface area contributed by atoms with Crippen molar-refractivity contribution in [1.29, 1.82) is 0 Å². The molecular formula is C15H21BO4. The first-order valence-corrected chi connectivity index (χ1v) is 6.71. The molecule has 2 rings (SSSR count). The van der Waals surface area contributed by atoms with Gasteiger partial charge in [0.1, 0.15) is 5.75 Å². The standard InChI is InChI=1S/C15H21BO4/c1-10-7-12(11(9-17)13(8-10)18-6)16-19-14(2,3)15(4,5)20-16/h7-9H,1-6H3. The third-order valence-corrected chi connectivity index (χ3v) is 4.16. The Morgan fingerprint density at radius 3 is 2.15 bits per heavy atom. The highest BCUT2D eigenvalue weighted by atomic mass is 16.7. The van der Waals surface area contributed by atoms with E-state index in [0.717, 1.165) is 17.3 Å². The minimum atomic E-state index is -0.561. The molecule has 1 saturated heterocycles. The Morgan fingerprint density at radius 2 is 1.70 bits per heavy atom. The van der Waals surface area contributed by atoms with Crippen molar-refractivity contribution in [2.75, 3.05) is 7.11 Å². The quantitative estimate of drug-likeness (QED) is 0.626.